The molecule has 1 atom stereocenters. The average Bonchev–Trinajstić information content (AvgIpc) is 2.38. The van der Waals surface area contributed by atoms with Crippen LogP contribution >= 0.6 is 11.6 Å². The molecule has 2 rings (SSSR count). The van der Waals surface area contributed by atoms with E-state index in [9.17, 15) is 5.11 Å². The van der Waals surface area contributed by atoms with Crippen LogP contribution in [0.4, 0.5) is 5.69 Å². The number of benzene rings is 2. The number of hydrogen-bond acceptors (Lipinski definition) is 3. The van der Waals surface area contributed by atoms with Crippen LogP contribution in [-0.4, -0.2) is 12.2 Å². The van der Waals surface area contributed by atoms with Crippen LogP contribution in [-0.2, 0) is 0 Å². The molecule has 3 N–H and O–H groups in total. The highest BCUT2D eigenvalue weighted by molar-refractivity contribution is 6.30. The van der Waals surface area contributed by atoms with Gasteiger partial charge in [-0.05, 0) is 29.8 Å². The Kier molecular flexibility index (Phi) is 3.75. The smallest absolute Gasteiger partial charge is 0.118 e. The van der Waals surface area contributed by atoms with E-state index in [1.54, 1.807) is 49.6 Å². The minimum Gasteiger partial charge on any atom is -0.497 e. The zero-order valence-corrected chi connectivity index (χ0v) is 10.7. The van der Waals surface area contributed by atoms with Crippen molar-refractivity contribution in [1.29, 1.82) is 0 Å². The zero-order valence-electron chi connectivity index (χ0n) is 9.93. The average molecular weight is 264 g/mol. The first kappa shape index (κ1) is 12.7. The van der Waals surface area contributed by atoms with Gasteiger partial charge in [0.1, 0.15) is 11.9 Å². The maximum absolute atomic E-state index is 10.3. The van der Waals surface area contributed by atoms with Gasteiger partial charge >= 0.3 is 0 Å². The molecule has 18 heavy (non-hydrogen) atoms. The van der Waals surface area contributed by atoms with E-state index in [2.05, 4.69) is 0 Å². The van der Waals surface area contributed by atoms with E-state index in [0.29, 0.717) is 16.3 Å². The molecule has 0 radical (unpaired) electrons. The van der Waals surface area contributed by atoms with Crippen LogP contribution in [0.25, 0.3) is 0 Å². The predicted octanol–water partition coefficient (Wildman–Crippen LogP) is 3.01. The Morgan fingerprint density at radius 2 is 1.83 bits per heavy atom. The molecule has 4 heteroatoms. The number of ether oxygens (including phenoxy) is 1. The van der Waals surface area contributed by atoms with Gasteiger partial charge < -0.3 is 15.6 Å². The van der Waals surface area contributed by atoms with E-state index >= 15 is 0 Å². The lowest BCUT2D eigenvalue weighted by Crippen LogP contribution is -2.03. The van der Waals surface area contributed by atoms with Gasteiger partial charge in [-0.25, -0.2) is 0 Å². The van der Waals surface area contributed by atoms with Crippen LogP contribution < -0.4 is 10.5 Å². The summed E-state index contributed by atoms with van der Waals surface area (Å²) < 4.78 is 5.07. The summed E-state index contributed by atoms with van der Waals surface area (Å²) >= 11 is 5.83. The predicted molar refractivity (Wildman–Crippen MR) is 72.9 cm³/mol. The molecule has 0 heterocycles. The Hall–Kier alpha value is -1.71. The van der Waals surface area contributed by atoms with Crippen LogP contribution in [0.5, 0.6) is 5.75 Å². The minimum atomic E-state index is -0.770. The number of methoxy groups -OCH3 is 1. The van der Waals surface area contributed by atoms with Gasteiger partial charge in [-0.3, -0.25) is 0 Å². The highest BCUT2D eigenvalue weighted by atomic mass is 35.5. The highest BCUT2D eigenvalue weighted by Crippen LogP contribution is 2.29. The molecule has 0 amide bonds. The summed E-state index contributed by atoms with van der Waals surface area (Å²) in [6.07, 6.45) is -0.770. The molecule has 0 aliphatic heterocycles. The molecule has 0 aliphatic rings. The second-order valence-corrected chi connectivity index (χ2v) is 4.39. The van der Waals surface area contributed by atoms with Gasteiger partial charge in [0, 0.05) is 16.3 Å². The first-order chi connectivity index (χ1) is 8.61. The quantitative estimate of drug-likeness (QED) is 0.837. The molecule has 94 valence electrons. The number of aliphatic hydroxyl groups is 1. The van der Waals surface area contributed by atoms with Gasteiger partial charge in [-0.1, -0.05) is 29.8 Å². The fourth-order valence-corrected chi connectivity index (χ4v) is 1.94. The van der Waals surface area contributed by atoms with Crippen molar-refractivity contribution in [2.45, 2.75) is 6.10 Å². The largest absolute Gasteiger partial charge is 0.497 e. The fraction of sp³-hybridized carbons (Fsp3) is 0.143. The van der Waals surface area contributed by atoms with E-state index in [4.69, 9.17) is 22.1 Å². The number of anilines is 1. The molecule has 2 aromatic rings. The van der Waals surface area contributed by atoms with Crippen molar-refractivity contribution in [3.63, 3.8) is 0 Å². The van der Waals surface area contributed by atoms with E-state index in [0.717, 1.165) is 11.3 Å². The second-order valence-electron chi connectivity index (χ2n) is 3.95. The lowest BCUT2D eigenvalue weighted by atomic mass is 10.00. The van der Waals surface area contributed by atoms with Crippen molar-refractivity contribution >= 4 is 17.3 Å². The molecule has 0 spiro atoms. The number of rotatable bonds is 3. The Bertz CT molecular complexity index is 540. The topological polar surface area (TPSA) is 55.5 Å². The number of hydrogen-bond donors (Lipinski definition) is 2. The maximum Gasteiger partial charge on any atom is 0.118 e. The monoisotopic (exact) mass is 263 g/mol. The van der Waals surface area contributed by atoms with Gasteiger partial charge in [0.15, 0.2) is 0 Å². The Morgan fingerprint density at radius 3 is 2.39 bits per heavy atom. The number of halogens is 1. The summed E-state index contributed by atoms with van der Waals surface area (Å²) in [7, 11) is 1.60. The first-order valence-electron chi connectivity index (χ1n) is 5.48. The third kappa shape index (κ3) is 2.58. The van der Waals surface area contributed by atoms with Crippen LogP contribution in [0.3, 0.4) is 0 Å². The highest BCUT2D eigenvalue weighted by Gasteiger charge is 2.13. The summed E-state index contributed by atoms with van der Waals surface area (Å²) in [6.45, 7) is 0. The van der Waals surface area contributed by atoms with Crippen LogP contribution in [0, 0.1) is 0 Å². The third-order valence-corrected chi connectivity index (χ3v) is 3.01. The van der Waals surface area contributed by atoms with Crippen LogP contribution in [0.2, 0.25) is 5.02 Å². The van der Waals surface area contributed by atoms with Crippen molar-refractivity contribution in [1.82, 2.24) is 0 Å². The van der Waals surface area contributed by atoms with E-state index in [1.807, 2.05) is 0 Å². The van der Waals surface area contributed by atoms with Crippen LogP contribution in [0.15, 0.2) is 42.5 Å². The summed E-state index contributed by atoms with van der Waals surface area (Å²) in [4.78, 5) is 0. The van der Waals surface area contributed by atoms with Gasteiger partial charge in [0.25, 0.3) is 0 Å². The molecular weight excluding hydrogens is 250 g/mol. The maximum atomic E-state index is 10.3. The van der Waals surface area contributed by atoms with Gasteiger partial charge in [0.2, 0.25) is 0 Å². The molecule has 3 nitrogen and oxygen atoms in total. The molecule has 0 aromatic heterocycles. The molecule has 0 saturated heterocycles. The van der Waals surface area contributed by atoms with Crippen LogP contribution in [0.1, 0.15) is 17.2 Å². The number of nitrogen functional groups attached to an aromatic ring is 1. The Labute approximate surface area is 111 Å². The fourth-order valence-electron chi connectivity index (χ4n) is 1.76. The molecule has 0 saturated carbocycles. The SMILES string of the molecule is COc1ccc(C(O)c2ccc(Cl)cc2N)cc1. The third-order valence-electron chi connectivity index (χ3n) is 2.77. The normalized spacial score (nSPS) is 12.2. The van der Waals surface area contributed by atoms with Crippen molar-refractivity contribution in [3.8, 4) is 5.75 Å². The standard InChI is InChI=1S/C14H14ClNO2/c1-18-11-5-2-9(3-6-11)14(17)12-7-4-10(15)8-13(12)16/h2-8,14,17H,16H2,1H3. The molecule has 0 aliphatic carbocycles. The summed E-state index contributed by atoms with van der Waals surface area (Å²) in [5.74, 6) is 0.745. The number of aliphatic hydroxyl groups excluding tert-OH is 1. The lowest BCUT2D eigenvalue weighted by molar-refractivity contribution is 0.221. The molecular formula is C14H14ClNO2. The summed E-state index contributed by atoms with van der Waals surface area (Å²) in [6, 6.07) is 12.3. The van der Waals surface area contributed by atoms with Crippen molar-refractivity contribution in [3.05, 3.63) is 58.6 Å². The van der Waals surface area contributed by atoms with E-state index in [1.165, 1.54) is 0 Å². The molecule has 2 aromatic carbocycles. The molecule has 0 fully saturated rings. The van der Waals surface area contributed by atoms with Gasteiger partial charge in [0.05, 0.1) is 7.11 Å². The summed E-state index contributed by atoms with van der Waals surface area (Å²) in [5, 5.41) is 10.8. The van der Waals surface area contributed by atoms with Gasteiger partial charge in [-0.2, -0.15) is 0 Å². The van der Waals surface area contributed by atoms with Crippen molar-refractivity contribution in [2.24, 2.45) is 0 Å². The van der Waals surface area contributed by atoms with E-state index in [-0.39, 0.29) is 0 Å². The molecule has 0 bridgehead atoms. The Morgan fingerprint density at radius 1 is 1.17 bits per heavy atom. The number of nitrogens with two attached hydrogens (primary N) is 1. The first-order valence-corrected chi connectivity index (χ1v) is 5.86. The second kappa shape index (κ2) is 5.29. The van der Waals surface area contributed by atoms with Crippen molar-refractivity contribution in [2.75, 3.05) is 12.8 Å². The lowest BCUT2D eigenvalue weighted by Gasteiger charge is -2.14. The summed E-state index contributed by atoms with van der Waals surface area (Å²) in [5.41, 5.74) is 7.72. The molecule has 1 unspecified atom stereocenters. The van der Waals surface area contributed by atoms with Crippen molar-refractivity contribution < 1.29 is 9.84 Å². The zero-order chi connectivity index (χ0) is 13.1. The van der Waals surface area contributed by atoms with Gasteiger partial charge in [-0.15, -0.1) is 0 Å². The van der Waals surface area contributed by atoms with E-state index < -0.39 is 6.10 Å². The Balaban J connectivity index is 2.31. The minimum absolute atomic E-state index is 0.478.